The first-order valence-electron chi connectivity index (χ1n) is 9.05. The summed E-state index contributed by atoms with van der Waals surface area (Å²) in [5.41, 5.74) is 4.74. The zero-order valence-corrected chi connectivity index (χ0v) is 17.0. The highest BCUT2D eigenvalue weighted by atomic mass is 16.5. The van der Waals surface area contributed by atoms with Crippen LogP contribution in [0.3, 0.4) is 0 Å². The summed E-state index contributed by atoms with van der Waals surface area (Å²) in [6.45, 7) is 6.03. The zero-order chi connectivity index (χ0) is 20.5. The second-order valence-corrected chi connectivity index (χ2v) is 5.90. The van der Waals surface area contributed by atoms with E-state index in [0.717, 1.165) is 24.3 Å². The van der Waals surface area contributed by atoms with Crippen LogP contribution in [0.15, 0.2) is 41.5 Å². The Kier molecular flexibility index (Phi) is 7.68. The van der Waals surface area contributed by atoms with Crippen molar-refractivity contribution >= 4 is 17.8 Å². The number of ether oxygens (including phenoxy) is 3. The second kappa shape index (κ2) is 10.2. The molecule has 0 radical (unpaired) electrons. The fraction of sp³-hybridized carbons (Fsp3) is 0.333. The minimum absolute atomic E-state index is 0.368. The Morgan fingerprint density at radius 3 is 2.18 bits per heavy atom. The molecule has 1 amide bonds. The summed E-state index contributed by atoms with van der Waals surface area (Å²) in [4.78, 5) is 14.6. The molecule has 0 atom stereocenters. The van der Waals surface area contributed by atoms with Crippen molar-refractivity contribution < 1.29 is 19.0 Å². The Labute approximate surface area is 165 Å². The smallest absolute Gasteiger partial charge is 0.271 e. The molecule has 0 fully saturated rings. The van der Waals surface area contributed by atoms with E-state index in [1.807, 2.05) is 18.2 Å². The summed E-state index contributed by atoms with van der Waals surface area (Å²) < 4.78 is 15.8. The molecular weight excluding hydrogens is 358 g/mol. The van der Waals surface area contributed by atoms with E-state index in [0.29, 0.717) is 22.8 Å². The molecule has 150 valence electrons. The topological polar surface area (TPSA) is 72.4 Å². The molecule has 0 unspecified atom stereocenters. The summed E-state index contributed by atoms with van der Waals surface area (Å²) in [5, 5.41) is 4.05. The van der Waals surface area contributed by atoms with Crippen molar-refractivity contribution in [1.29, 1.82) is 0 Å². The molecule has 0 spiro atoms. The van der Waals surface area contributed by atoms with Crippen LogP contribution < -0.4 is 24.5 Å². The van der Waals surface area contributed by atoms with Crippen LogP contribution in [0.4, 0.5) is 5.69 Å². The Morgan fingerprint density at radius 2 is 1.64 bits per heavy atom. The van der Waals surface area contributed by atoms with Crippen LogP contribution in [-0.4, -0.2) is 46.5 Å². The molecule has 7 nitrogen and oxygen atoms in total. The van der Waals surface area contributed by atoms with E-state index in [2.05, 4.69) is 29.3 Å². The van der Waals surface area contributed by atoms with Gasteiger partial charge < -0.3 is 19.1 Å². The molecule has 0 aliphatic rings. The van der Waals surface area contributed by atoms with E-state index >= 15 is 0 Å². The number of methoxy groups -OCH3 is 3. The largest absolute Gasteiger partial charge is 0.497 e. The standard InChI is InChI=1S/C21H27N3O4/c1-6-24(7-2)17-9-8-15(20(12-17)28-5)14-22-23-21(25)16-10-18(26-3)13-19(11-16)27-4/h8-14H,6-7H2,1-5H3,(H,23,25). The van der Waals surface area contributed by atoms with Crippen LogP contribution >= 0.6 is 0 Å². The van der Waals surface area contributed by atoms with E-state index < -0.39 is 0 Å². The molecule has 0 bridgehead atoms. The highest BCUT2D eigenvalue weighted by molar-refractivity contribution is 5.96. The van der Waals surface area contributed by atoms with Crippen molar-refractivity contribution in [2.75, 3.05) is 39.3 Å². The van der Waals surface area contributed by atoms with E-state index in [4.69, 9.17) is 14.2 Å². The first-order valence-corrected chi connectivity index (χ1v) is 9.05. The van der Waals surface area contributed by atoms with Gasteiger partial charge in [0, 0.05) is 42.0 Å². The molecule has 2 rings (SSSR count). The first kappa shape index (κ1) is 21.1. The first-order chi connectivity index (χ1) is 13.6. The van der Waals surface area contributed by atoms with Crippen molar-refractivity contribution in [1.82, 2.24) is 5.43 Å². The highest BCUT2D eigenvalue weighted by Crippen LogP contribution is 2.25. The van der Waals surface area contributed by atoms with E-state index in [1.165, 1.54) is 14.2 Å². The van der Waals surface area contributed by atoms with Gasteiger partial charge in [0.2, 0.25) is 0 Å². The summed E-state index contributed by atoms with van der Waals surface area (Å²) >= 11 is 0. The van der Waals surface area contributed by atoms with E-state index in [-0.39, 0.29) is 5.91 Å². The van der Waals surface area contributed by atoms with Crippen molar-refractivity contribution in [3.63, 3.8) is 0 Å². The van der Waals surface area contributed by atoms with Crippen LogP contribution in [-0.2, 0) is 0 Å². The Morgan fingerprint density at radius 1 is 1.00 bits per heavy atom. The zero-order valence-electron chi connectivity index (χ0n) is 17.0. The predicted molar refractivity (Wildman–Crippen MR) is 111 cm³/mol. The Hall–Kier alpha value is -3.22. The molecule has 28 heavy (non-hydrogen) atoms. The number of carbonyl (C=O) groups excluding carboxylic acids is 1. The van der Waals surface area contributed by atoms with Crippen LogP contribution in [0.25, 0.3) is 0 Å². The Balaban J connectivity index is 2.15. The van der Waals surface area contributed by atoms with Crippen LogP contribution in [0.5, 0.6) is 17.2 Å². The van der Waals surface area contributed by atoms with E-state index in [1.54, 1.807) is 31.5 Å². The molecule has 0 aliphatic heterocycles. The van der Waals surface area contributed by atoms with Crippen LogP contribution in [0.1, 0.15) is 29.8 Å². The minimum atomic E-state index is -0.368. The van der Waals surface area contributed by atoms with Crippen molar-refractivity contribution in [2.24, 2.45) is 5.10 Å². The molecule has 1 N–H and O–H groups in total. The van der Waals surface area contributed by atoms with E-state index in [9.17, 15) is 4.79 Å². The quantitative estimate of drug-likeness (QED) is 0.530. The van der Waals surface area contributed by atoms with Crippen molar-refractivity contribution in [3.05, 3.63) is 47.5 Å². The van der Waals surface area contributed by atoms with Gasteiger partial charge in [0.25, 0.3) is 5.91 Å². The van der Waals surface area contributed by atoms with Gasteiger partial charge in [-0.25, -0.2) is 5.43 Å². The maximum atomic E-state index is 12.4. The molecule has 0 saturated heterocycles. The van der Waals surface area contributed by atoms with Gasteiger partial charge in [-0.3, -0.25) is 4.79 Å². The normalized spacial score (nSPS) is 10.6. The highest BCUT2D eigenvalue weighted by Gasteiger charge is 2.10. The molecule has 7 heteroatoms. The van der Waals surface area contributed by atoms with Gasteiger partial charge >= 0.3 is 0 Å². The number of nitrogens with one attached hydrogen (secondary N) is 1. The fourth-order valence-electron chi connectivity index (χ4n) is 2.76. The van der Waals surface area contributed by atoms with Crippen molar-refractivity contribution in [2.45, 2.75) is 13.8 Å². The minimum Gasteiger partial charge on any atom is -0.497 e. The lowest BCUT2D eigenvalue weighted by molar-refractivity contribution is 0.0954. The number of carbonyl (C=O) groups is 1. The lowest BCUT2D eigenvalue weighted by atomic mass is 10.2. The number of benzene rings is 2. The van der Waals surface area contributed by atoms with Gasteiger partial charge in [-0.1, -0.05) is 0 Å². The molecule has 0 aromatic heterocycles. The summed E-state index contributed by atoms with van der Waals surface area (Å²) in [7, 11) is 4.67. The number of amides is 1. The molecular formula is C21H27N3O4. The maximum Gasteiger partial charge on any atom is 0.271 e. The number of hydrogen-bond donors (Lipinski definition) is 1. The number of nitrogens with zero attached hydrogens (tertiary/aromatic N) is 2. The number of anilines is 1. The third kappa shape index (κ3) is 5.16. The summed E-state index contributed by atoms with van der Waals surface area (Å²) in [6.07, 6.45) is 1.56. The number of rotatable bonds is 9. The number of hydrazone groups is 1. The molecule has 0 heterocycles. The van der Waals surface area contributed by atoms with Gasteiger partial charge in [-0.2, -0.15) is 5.10 Å². The maximum absolute atomic E-state index is 12.4. The summed E-state index contributed by atoms with van der Waals surface area (Å²) in [6, 6.07) is 10.8. The molecule has 2 aromatic rings. The van der Waals surface area contributed by atoms with Gasteiger partial charge in [-0.05, 0) is 38.1 Å². The SMILES string of the molecule is CCN(CC)c1ccc(C=NNC(=O)c2cc(OC)cc(OC)c2)c(OC)c1. The fourth-order valence-corrected chi connectivity index (χ4v) is 2.76. The molecule has 2 aromatic carbocycles. The van der Waals surface area contributed by atoms with Crippen LogP contribution in [0, 0.1) is 0 Å². The van der Waals surface area contributed by atoms with Gasteiger partial charge in [-0.15, -0.1) is 0 Å². The monoisotopic (exact) mass is 385 g/mol. The third-order valence-electron chi connectivity index (χ3n) is 4.33. The predicted octanol–water partition coefficient (Wildman–Crippen LogP) is 3.32. The molecule has 0 saturated carbocycles. The average molecular weight is 385 g/mol. The second-order valence-electron chi connectivity index (χ2n) is 5.90. The number of hydrogen-bond acceptors (Lipinski definition) is 6. The van der Waals surface area contributed by atoms with Crippen LogP contribution in [0.2, 0.25) is 0 Å². The average Bonchev–Trinajstić information content (AvgIpc) is 2.74. The van der Waals surface area contributed by atoms with Gasteiger partial charge in [0.1, 0.15) is 17.2 Å². The third-order valence-corrected chi connectivity index (χ3v) is 4.33. The summed E-state index contributed by atoms with van der Waals surface area (Å²) in [5.74, 6) is 1.38. The Bertz CT molecular complexity index is 810. The van der Waals surface area contributed by atoms with Crippen molar-refractivity contribution in [3.8, 4) is 17.2 Å². The van der Waals surface area contributed by atoms with Gasteiger partial charge in [0.15, 0.2) is 0 Å². The molecule has 0 aliphatic carbocycles. The lowest BCUT2D eigenvalue weighted by Gasteiger charge is -2.21. The lowest BCUT2D eigenvalue weighted by Crippen LogP contribution is -2.21. The van der Waals surface area contributed by atoms with Gasteiger partial charge in [0.05, 0.1) is 27.5 Å².